The van der Waals surface area contributed by atoms with E-state index in [1.165, 1.54) is 24.0 Å². The standard InChI is InChI=1S/C18H25NO/c1-14-8-9-16(12-15(14)2)17(3,20)18(13-19)10-6-4-5-7-11-18/h8-9,12,20H,4-7,10-11H2,1-3H3. The van der Waals surface area contributed by atoms with Crippen LogP contribution in [0.4, 0.5) is 0 Å². The lowest BCUT2D eigenvalue weighted by Gasteiger charge is -2.40. The Labute approximate surface area is 122 Å². The molecule has 0 amide bonds. The summed E-state index contributed by atoms with van der Waals surface area (Å²) in [5.74, 6) is 0. The van der Waals surface area contributed by atoms with Crippen LogP contribution in [-0.2, 0) is 5.60 Å². The molecule has 2 rings (SSSR count). The minimum absolute atomic E-state index is 0.648. The SMILES string of the molecule is Cc1ccc(C(C)(O)C2(C#N)CCCCCC2)cc1C. The highest BCUT2D eigenvalue weighted by Gasteiger charge is 2.48. The quantitative estimate of drug-likeness (QED) is 0.811. The third-order valence-electron chi connectivity index (χ3n) is 5.17. The van der Waals surface area contributed by atoms with E-state index < -0.39 is 11.0 Å². The molecule has 1 atom stereocenters. The van der Waals surface area contributed by atoms with E-state index in [1.807, 2.05) is 25.1 Å². The Balaban J connectivity index is 2.45. The average molecular weight is 271 g/mol. The first kappa shape index (κ1) is 15.1. The minimum atomic E-state index is -1.08. The normalized spacial score (nSPS) is 21.6. The molecule has 0 radical (unpaired) electrons. The molecule has 1 aliphatic rings. The molecule has 1 aromatic rings. The van der Waals surface area contributed by atoms with E-state index in [-0.39, 0.29) is 0 Å². The molecule has 0 aliphatic heterocycles. The third kappa shape index (κ3) is 2.47. The lowest BCUT2D eigenvalue weighted by atomic mass is 9.65. The highest BCUT2D eigenvalue weighted by molar-refractivity contribution is 5.35. The fourth-order valence-electron chi connectivity index (χ4n) is 3.36. The monoisotopic (exact) mass is 271 g/mol. The van der Waals surface area contributed by atoms with Gasteiger partial charge >= 0.3 is 0 Å². The average Bonchev–Trinajstić information content (AvgIpc) is 2.68. The van der Waals surface area contributed by atoms with Gasteiger partial charge in [-0.15, -0.1) is 0 Å². The van der Waals surface area contributed by atoms with Crippen LogP contribution in [0.1, 0.15) is 62.1 Å². The summed E-state index contributed by atoms with van der Waals surface area (Å²) >= 11 is 0. The Morgan fingerprint density at radius 2 is 1.70 bits per heavy atom. The number of nitrogens with zero attached hydrogens (tertiary/aromatic N) is 1. The van der Waals surface area contributed by atoms with Gasteiger partial charge in [0.15, 0.2) is 0 Å². The van der Waals surface area contributed by atoms with Gasteiger partial charge in [-0.1, -0.05) is 43.9 Å². The van der Waals surface area contributed by atoms with Gasteiger partial charge in [0.1, 0.15) is 5.60 Å². The van der Waals surface area contributed by atoms with Crippen molar-refractivity contribution in [3.63, 3.8) is 0 Å². The molecule has 1 aliphatic carbocycles. The Kier molecular flexibility index (Phi) is 4.20. The Morgan fingerprint density at radius 3 is 2.20 bits per heavy atom. The summed E-state index contributed by atoms with van der Waals surface area (Å²) in [6.45, 7) is 5.95. The lowest BCUT2D eigenvalue weighted by molar-refractivity contribution is -0.0534. The number of rotatable bonds is 2. The number of benzene rings is 1. The molecule has 1 fully saturated rings. The molecule has 0 saturated heterocycles. The van der Waals surface area contributed by atoms with Crippen molar-refractivity contribution >= 4 is 0 Å². The molecular weight excluding hydrogens is 246 g/mol. The van der Waals surface area contributed by atoms with E-state index in [4.69, 9.17) is 0 Å². The summed E-state index contributed by atoms with van der Waals surface area (Å²) in [5, 5.41) is 21.0. The maximum Gasteiger partial charge on any atom is 0.105 e. The van der Waals surface area contributed by atoms with Crippen molar-refractivity contribution in [1.82, 2.24) is 0 Å². The molecule has 1 N–H and O–H groups in total. The molecule has 0 bridgehead atoms. The van der Waals surface area contributed by atoms with Gasteiger partial charge in [0, 0.05) is 0 Å². The highest BCUT2D eigenvalue weighted by atomic mass is 16.3. The number of hydrogen-bond donors (Lipinski definition) is 1. The van der Waals surface area contributed by atoms with Crippen molar-refractivity contribution in [1.29, 1.82) is 5.26 Å². The van der Waals surface area contributed by atoms with Crippen LogP contribution in [0.2, 0.25) is 0 Å². The largest absolute Gasteiger partial charge is 0.384 e. The summed E-state index contributed by atoms with van der Waals surface area (Å²) in [4.78, 5) is 0. The minimum Gasteiger partial charge on any atom is -0.384 e. The smallest absolute Gasteiger partial charge is 0.105 e. The molecule has 0 spiro atoms. The molecule has 1 unspecified atom stereocenters. The van der Waals surface area contributed by atoms with E-state index in [1.54, 1.807) is 0 Å². The second-order valence-corrected chi connectivity index (χ2v) is 6.48. The number of hydrogen-bond acceptors (Lipinski definition) is 2. The molecule has 108 valence electrons. The molecule has 20 heavy (non-hydrogen) atoms. The number of aliphatic hydroxyl groups is 1. The Hall–Kier alpha value is -1.33. The second-order valence-electron chi connectivity index (χ2n) is 6.48. The van der Waals surface area contributed by atoms with Crippen LogP contribution in [0.5, 0.6) is 0 Å². The van der Waals surface area contributed by atoms with Crippen molar-refractivity contribution in [2.24, 2.45) is 5.41 Å². The molecule has 1 saturated carbocycles. The predicted molar refractivity (Wildman–Crippen MR) is 81.2 cm³/mol. The van der Waals surface area contributed by atoms with Crippen LogP contribution in [0.25, 0.3) is 0 Å². The van der Waals surface area contributed by atoms with Gasteiger partial charge in [-0.3, -0.25) is 0 Å². The summed E-state index contributed by atoms with van der Waals surface area (Å²) in [5.41, 5.74) is 1.54. The van der Waals surface area contributed by atoms with Gasteiger partial charge in [0.2, 0.25) is 0 Å². The van der Waals surface area contributed by atoms with Gasteiger partial charge in [-0.05, 0) is 50.3 Å². The van der Waals surface area contributed by atoms with Gasteiger partial charge in [0.25, 0.3) is 0 Å². The fourth-order valence-corrected chi connectivity index (χ4v) is 3.36. The molecule has 2 heteroatoms. The molecular formula is C18H25NO. The molecule has 1 aromatic carbocycles. The zero-order valence-electron chi connectivity index (χ0n) is 12.9. The summed E-state index contributed by atoms with van der Waals surface area (Å²) in [6, 6.07) is 8.54. The van der Waals surface area contributed by atoms with Crippen molar-refractivity contribution in [2.45, 2.75) is 64.9 Å². The first-order chi connectivity index (χ1) is 9.43. The molecule has 0 aromatic heterocycles. The molecule has 0 heterocycles. The Bertz CT molecular complexity index is 517. The maximum atomic E-state index is 11.2. The van der Waals surface area contributed by atoms with Crippen molar-refractivity contribution in [3.8, 4) is 6.07 Å². The predicted octanol–water partition coefficient (Wildman–Crippen LogP) is 4.38. The zero-order valence-corrected chi connectivity index (χ0v) is 12.9. The summed E-state index contributed by atoms with van der Waals surface area (Å²) in [7, 11) is 0. The Morgan fingerprint density at radius 1 is 1.10 bits per heavy atom. The third-order valence-corrected chi connectivity index (χ3v) is 5.17. The van der Waals surface area contributed by atoms with Crippen LogP contribution in [0.3, 0.4) is 0 Å². The van der Waals surface area contributed by atoms with Gasteiger partial charge in [-0.2, -0.15) is 5.26 Å². The first-order valence-corrected chi connectivity index (χ1v) is 7.64. The van der Waals surface area contributed by atoms with Crippen molar-refractivity contribution < 1.29 is 5.11 Å². The highest BCUT2D eigenvalue weighted by Crippen LogP contribution is 2.48. The summed E-state index contributed by atoms with van der Waals surface area (Å²) < 4.78 is 0. The zero-order chi connectivity index (χ0) is 14.8. The van der Waals surface area contributed by atoms with Crippen LogP contribution < -0.4 is 0 Å². The van der Waals surface area contributed by atoms with Crippen LogP contribution in [0, 0.1) is 30.6 Å². The van der Waals surface area contributed by atoms with Crippen LogP contribution >= 0.6 is 0 Å². The van der Waals surface area contributed by atoms with Gasteiger partial charge in [-0.25, -0.2) is 0 Å². The van der Waals surface area contributed by atoms with Gasteiger partial charge in [0.05, 0.1) is 11.5 Å². The molecule has 2 nitrogen and oxygen atoms in total. The van der Waals surface area contributed by atoms with Gasteiger partial charge < -0.3 is 5.11 Å². The van der Waals surface area contributed by atoms with Crippen molar-refractivity contribution in [2.75, 3.05) is 0 Å². The van der Waals surface area contributed by atoms with Crippen LogP contribution in [-0.4, -0.2) is 5.11 Å². The van der Waals surface area contributed by atoms with E-state index in [0.29, 0.717) is 0 Å². The second kappa shape index (κ2) is 5.58. The van der Waals surface area contributed by atoms with E-state index in [0.717, 1.165) is 31.2 Å². The van der Waals surface area contributed by atoms with E-state index in [9.17, 15) is 10.4 Å². The van der Waals surface area contributed by atoms with E-state index in [2.05, 4.69) is 19.9 Å². The fraction of sp³-hybridized carbons (Fsp3) is 0.611. The number of aryl methyl sites for hydroxylation is 2. The summed E-state index contributed by atoms with van der Waals surface area (Å²) in [6.07, 6.45) is 6.01. The maximum absolute atomic E-state index is 11.2. The number of nitriles is 1. The van der Waals surface area contributed by atoms with E-state index >= 15 is 0 Å². The first-order valence-electron chi connectivity index (χ1n) is 7.64. The topological polar surface area (TPSA) is 44.0 Å². The van der Waals surface area contributed by atoms with Crippen LogP contribution in [0.15, 0.2) is 18.2 Å². The van der Waals surface area contributed by atoms with Crippen molar-refractivity contribution in [3.05, 3.63) is 34.9 Å². The lowest BCUT2D eigenvalue weighted by Crippen LogP contribution is -2.42.